The van der Waals surface area contributed by atoms with Crippen molar-refractivity contribution in [1.29, 1.82) is 0 Å². The highest BCUT2D eigenvalue weighted by molar-refractivity contribution is 7.14. The molecule has 0 saturated carbocycles. The van der Waals surface area contributed by atoms with Crippen molar-refractivity contribution in [3.05, 3.63) is 64.2 Å². The molecule has 0 fully saturated rings. The summed E-state index contributed by atoms with van der Waals surface area (Å²) in [5, 5.41) is 6.74. The van der Waals surface area contributed by atoms with Gasteiger partial charge in [0.1, 0.15) is 18.2 Å². The predicted octanol–water partition coefficient (Wildman–Crippen LogP) is 6.00. The zero-order chi connectivity index (χ0) is 22.0. The second kappa shape index (κ2) is 9.18. The van der Waals surface area contributed by atoms with Gasteiger partial charge in [-0.3, -0.25) is 0 Å². The molecular formula is C23H21ClFN3O2S. The van der Waals surface area contributed by atoms with Gasteiger partial charge in [-0.1, -0.05) is 17.7 Å². The molecule has 2 aromatic heterocycles. The molecule has 4 rings (SSSR count). The number of aryl methyl sites for hydroxylation is 1. The summed E-state index contributed by atoms with van der Waals surface area (Å²) in [4.78, 5) is 5.73. The van der Waals surface area contributed by atoms with Gasteiger partial charge in [0.15, 0.2) is 11.6 Å². The van der Waals surface area contributed by atoms with Gasteiger partial charge in [0.05, 0.1) is 17.2 Å². The maximum Gasteiger partial charge on any atom is 0.186 e. The lowest BCUT2D eigenvalue weighted by molar-refractivity contribution is 0.146. The smallest absolute Gasteiger partial charge is 0.186 e. The first kappa shape index (κ1) is 21.5. The number of rotatable bonds is 7. The standard InChI is InChI=1S/C23H21ClFN3O2S/c1-14-17(13-31-21(14)15-7-9-16(10-8-15)30-12-11-29-3)23-26-22(27-28(23)2)20-18(24)5-4-6-19(20)25/h4-10,13H,11-12H2,1-3H3. The Bertz CT molecular complexity index is 1180. The van der Waals surface area contributed by atoms with E-state index in [2.05, 4.69) is 17.0 Å². The molecule has 0 spiro atoms. The lowest BCUT2D eigenvalue weighted by atomic mass is 10.1. The highest BCUT2D eigenvalue weighted by Crippen LogP contribution is 2.38. The Morgan fingerprint density at radius 3 is 2.61 bits per heavy atom. The van der Waals surface area contributed by atoms with Crippen LogP contribution in [0.3, 0.4) is 0 Å². The fourth-order valence-electron chi connectivity index (χ4n) is 3.30. The summed E-state index contributed by atoms with van der Waals surface area (Å²) in [6.07, 6.45) is 0. The van der Waals surface area contributed by atoms with E-state index in [1.807, 2.05) is 29.6 Å². The van der Waals surface area contributed by atoms with E-state index in [0.717, 1.165) is 27.3 Å². The average molecular weight is 458 g/mol. The van der Waals surface area contributed by atoms with Crippen molar-refractivity contribution in [2.75, 3.05) is 20.3 Å². The van der Waals surface area contributed by atoms with E-state index in [4.69, 9.17) is 21.1 Å². The lowest BCUT2D eigenvalue weighted by Crippen LogP contribution is -2.03. The number of nitrogens with zero attached hydrogens (tertiary/aromatic N) is 3. The van der Waals surface area contributed by atoms with E-state index in [9.17, 15) is 4.39 Å². The van der Waals surface area contributed by atoms with Crippen LogP contribution in [0.15, 0.2) is 47.8 Å². The first-order valence-electron chi connectivity index (χ1n) is 9.65. The van der Waals surface area contributed by atoms with Crippen LogP contribution in [-0.2, 0) is 11.8 Å². The van der Waals surface area contributed by atoms with Crippen molar-refractivity contribution in [2.24, 2.45) is 7.05 Å². The highest BCUT2D eigenvalue weighted by Gasteiger charge is 2.20. The minimum atomic E-state index is -0.444. The molecule has 0 N–H and O–H groups in total. The molecule has 0 unspecified atom stereocenters. The van der Waals surface area contributed by atoms with Crippen molar-refractivity contribution >= 4 is 22.9 Å². The number of halogens is 2. The molecule has 0 aliphatic rings. The molecule has 0 amide bonds. The molecule has 4 aromatic rings. The molecule has 160 valence electrons. The monoisotopic (exact) mass is 457 g/mol. The summed E-state index contributed by atoms with van der Waals surface area (Å²) in [7, 11) is 3.44. The molecule has 0 atom stereocenters. The summed E-state index contributed by atoms with van der Waals surface area (Å²) >= 11 is 7.82. The summed E-state index contributed by atoms with van der Waals surface area (Å²) in [6.45, 7) is 3.11. The first-order valence-corrected chi connectivity index (χ1v) is 10.9. The molecule has 8 heteroatoms. The summed E-state index contributed by atoms with van der Waals surface area (Å²) in [6, 6.07) is 12.5. The minimum Gasteiger partial charge on any atom is -0.491 e. The zero-order valence-corrected chi connectivity index (χ0v) is 18.9. The van der Waals surface area contributed by atoms with Crippen LogP contribution in [0, 0.1) is 12.7 Å². The number of ether oxygens (including phenoxy) is 2. The molecule has 2 heterocycles. The molecule has 0 aliphatic heterocycles. The van der Waals surface area contributed by atoms with Crippen LogP contribution < -0.4 is 4.74 Å². The second-order valence-corrected chi connectivity index (χ2v) is 8.24. The van der Waals surface area contributed by atoms with Crippen LogP contribution in [0.4, 0.5) is 4.39 Å². The molecule has 0 saturated heterocycles. The third-order valence-corrected chi connectivity index (χ3v) is 6.35. The number of hydrogen-bond acceptors (Lipinski definition) is 5. The molecule has 5 nitrogen and oxygen atoms in total. The second-order valence-electron chi connectivity index (χ2n) is 6.95. The fourth-order valence-corrected chi connectivity index (χ4v) is 4.63. The fraction of sp³-hybridized carbons (Fsp3) is 0.217. The van der Waals surface area contributed by atoms with E-state index in [1.165, 1.54) is 6.07 Å². The van der Waals surface area contributed by atoms with E-state index in [0.29, 0.717) is 19.0 Å². The summed E-state index contributed by atoms with van der Waals surface area (Å²) in [5.41, 5.74) is 3.34. The van der Waals surface area contributed by atoms with E-state index < -0.39 is 5.82 Å². The van der Waals surface area contributed by atoms with Gasteiger partial charge in [-0.15, -0.1) is 11.3 Å². The molecule has 0 bridgehead atoms. The van der Waals surface area contributed by atoms with Crippen molar-refractivity contribution in [3.8, 4) is 39.0 Å². The van der Waals surface area contributed by atoms with Gasteiger partial charge in [0.2, 0.25) is 0 Å². The van der Waals surface area contributed by atoms with Gasteiger partial charge in [-0.05, 0) is 54.4 Å². The maximum absolute atomic E-state index is 14.3. The summed E-state index contributed by atoms with van der Waals surface area (Å²) in [5.74, 6) is 1.29. The minimum absolute atomic E-state index is 0.211. The zero-order valence-electron chi connectivity index (χ0n) is 17.4. The third kappa shape index (κ3) is 4.35. The Morgan fingerprint density at radius 1 is 1.13 bits per heavy atom. The van der Waals surface area contributed by atoms with Crippen molar-refractivity contribution in [3.63, 3.8) is 0 Å². The largest absolute Gasteiger partial charge is 0.491 e. The lowest BCUT2D eigenvalue weighted by Gasteiger charge is -2.07. The number of methoxy groups -OCH3 is 1. The third-order valence-electron chi connectivity index (χ3n) is 4.90. The van der Waals surface area contributed by atoms with E-state index in [1.54, 1.807) is 42.3 Å². The van der Waals surface area contributed by atoms with Gasteiger partial charge in [-0.25, -0.2) is 14.1 Å². The van der Waals surface area contributed by atoms with Gasteiger partial charge in [0, 0.05) is 30.0 Å². The van der Waals surface area contributed by atoms with Crippen LogP contribution in [0.1, 0.15) is 5.56 Å². The average Bonchev–Trinajstić information content (AvgIpc) is 3.31. The SMILES string of the molecule is COCCOc1ccc(-c2scc(-c3nc(-c4c(F)cccc4Cl)nn3C)c2C)cc1. The van der Waals surface area contributed by atoms with Crippen LogP contribution in [-0.4, -0.2) is 35.1 Å². The van der Waals surface area contributed by atoms with E-state index in [-0.39, 0.29) is 16.4 Å². The van der Waals surface area contributed by atoms with Crippen molar-refractivity contribution in [2.45, 2.75) is 6.92 Å². The van der Waals surface area contributed by atoms with Crippen LogP contribution in [0.2, 0.25) is 5.02 Å². The molecular weight excluding hydrogens is 437 g/mol. The Hall–Kier alpha value is -2.74. The van der Waals surface area contributed by atoms with Crippen molar-refractivity contribution < 1.29 is 13.9 Å². The number of benzene rings is 2. The Labute approximate surface area is 189 Å². The first-order chi connectivity index (χ1) is 15.0. The molecule has 0 aliphatic carbocycles. The molecule has 0 radical (unpaired) electrons. The Kier molecular flexibility index (Phi) is 6.36. The Balaban J connectivity index is 1.64. The van der Waals surface area contributed by atoms with Crippen LogP contribution in [0.25, 0.3) is 33.2 Å². The number of hydrogen-bond donors (Lipinski definition) is 0. The van der Waals surface area contributed by atoms with Crippen molar-refractivity contribution in [1.82, 2.24) is 14.8 Å². The van der Waals surface area contributed by atoms with Gasteiger partial charge < -0.3 is 9.47 Å². The number of aromatic nitrogens is 3. The van der Waals surface area contributed by atoms with Gasteiger partial charge in [0.25, 0.3) is 0 Å². The normalized spacial score (nSPS) is 11.1. The quantitative estimate of drug-likeness (QED) is 0.319. The summed E-state index contributed by atoms with van der Waals surface area (Å²) < 4.78 is 26.6. The van der Waals surface area contributed by atoms with Crippen LogP contribution >= 0.6 is 22.9 Å². The number of thiophene rings is 1. The highest BCUT2D eigenvalue weighted by atomic mass is 35.5. The van der Waals surface area contributed by atoms with Gasteiger partial charge in [-0.2, -0.15) is 5.10 Å². The van der Waals surface area contributed by atoms with Gasteiger partial charge >= 0.3 is 0 Å². The maximum atomic E-state index is 14.3. The predicted molar refractivity (Wildman–Crippen MR) is 122 cm³/mol. The molecule has 31 heavy (non-hydrogen) atoms. The topological polar surface area (TPSA) is 49.2 Å². The van der Waals surface area contributed by atoms with E-state index >= 15 is 0 Å². The molecule has 2 aromatic carbocycles. The van der Waals surface area contributed by atoms with Crippen LogP contribution in [0.5, 0.6) is 5.75 Å². The Morgan fingerprint density at radius 2 is 1.90 bits per heavy atom.